The van der Waals surface area contributed by atoms with Gasteiger partial charge in [0.05, 0.1) is 38.5 Å². The Balaban J connectivity index is 1.28. The lowest BCUT2D eigenvalue weighted by Crippen LogP contribution is -2.30. The fraction of sp³-hybridized carbons (Fsp3) is 0. The largest absolute Gasteiger partial charge is 0.309 e. The molecular formula is C44H29N3O2S. The molecule has 238 valence electrons. The minimum Gasteiger partial charge on any atom is -0.309 e. The van der Waals surface area contributed by atoms with Gasteiger partial charge in [-0.2, -0.15) is 0 Å². The zero-order chi connectivity index (χ0) is 33.4. The van der Waals surface area contributed by atoms with Crippen LogP contribution in [0, 0.1) is 0 Å². The van der Waals surface area contributed by atoms with Crippen molar-refractivity contribution in [3.05, 3.63) is 176 Å². The average molecular weight is 664 g/mol. The first kappa shape index (κ1) is 28.6. The van der Waals surface area contributed by atoms with Gasteiger partial charge < -0.3 is 9.13 Å². The molecule has 0 N–H and O–H groups in total. The van der Waals surface area contributed by atoms with Crippen molar-refractivity contribution in [2.45, 2.75) is 4.90 Å². The molecule has 0 amide bonds. The number of fused-ring (bicyclic) bond motifs is 8. The van der Waals surface area contributed by atoms with Crippen LogP contribution in [0.3, 0.4) is 0 Å². The van der Waals surface area contributed by atoms with Gasteiger partial charge in [-0.05, 0) is 83.9 Å². The van der Waals surface area contributed by atoms with Crippen LogP contribution >= 0.6 is 0 Å². The number of benzene rings is 7. The molecule has 2 aromatic heterocycles. The Morgan fingerprint density at radius 1 is 0.400 bits per heavy atom. The third-order valence-corrected chi connectivity index (χ3v) is 11.6. The van der Waals surface area contributed by atoms with E-state index in [0.29, 0.717) is 16.9 Å². The number of rotatable bonds is 4. The first-order chi connectivity index (χ1) is 24.6. The zero-order valence-electron chi connectivity index (χ0n) is 26.8. The number of hydrogen-bond donors (Lipinski definition) is 0. The van der Waals surface area contributed by atoms with Crippen LogP contribution in [0.1, 0.15) is 0 Å². The van der Waals surface area contributed by atoms with E-state index in [1.165, 1.54) is 9.69 Å². The van der Waals surface area contributed by atoms with E-state index >= 15 is 0 Å². The topological polar surface area (TPSA) is 47.2 Å². The molecule has 0 unspecified atom stereocenters. The first-order valence-electron chi connectivity index (χ1n) is 16.6. The van der Waals surface area contributed by atoms with Crippen molar-refractivity contribution < 1.29 is 8.42 Å². The molecule has 1 aliphatic rings. The van der Waals surface area contributed by atoms with Gasteiger partial charge in [-0.15, -0.1) is 0 Å². The van der Waals surface area contributed by atoms with Crippen LogP contribution in [0.25, 0.3) is 66.5 Å². The molecule has 7 aromatic carbocycles. The summed E-state index contributed by atoms with van der Waals surface area (Å²) in [6.07, 6.45) is 0. The summed E-state index contributed by atoms with van der Waals surface area (Å²) in [5, 5.41) is 3.20. The van der Waals surface area contributed by atoms with E-state index in [4.69, 9.17) is 0 Å². The summed E-state index contributed by atoms with van der Waals surface area (Å²) in [7, 11) is -3.95. The lowest BCUT2D eigenvalue weighted by Gasteiger charge is -2.31. The number of sulfonamides is 1. The van der Waals surface area contributed by atoms with Gasteiger partial charge in [-0.25, -0.2) is 12.7 Å². The molecule has 0 fully saturated rings. The third-order valence-electron chi connectivity index (χ3n) is 9.83. The maximum absolute atomic E-state index is 14.6. The quantitative estimate of drug-likeness (QED) is 0.188. The van der Waals surface area contributed by atoms with E-state index in [0.717, 1.165) is 55.5 Å². The second-order valence-electron chi connectivity index (χ2n) is 12.6. The van der Waals surface area contributed by atoms with Crippen molar-refractivity contribution in [2.24, 2.45) is 0 Å². The molecule has 10 rings (SSSR count). The minimum absolute atomic E-state index is 0.289. The first-order valence-corrected chi connectivity index (χ1v) is 18.1. The highest BCUT2D eigenvalue weighted by atomic mass is 32.2. The molecule has 3 heterocycles. The van der Waals surface area contributed by atoms with Crippen molar-refractivity contribution in [1.82, 2.24) is 9.13 Å². The fourth-order valence-corrected chi connectivity index (χ4v) is 9.41. The van der Waals surface area contributed by atoms with Crippen LogP contribution in [0.2, 0.25) is 0 Å². The Bertz CT molecular complexity index is 2880. The van der Waals surface area contributed by atoms with Crippen LogP contribution in [0.4, 0.5) is 11.4 Å². The van der Waals surface area contributed by atoms with Gasteiger partial charge in [-0.3, -0.25) is 0 Å². The maximum Gasteiger partial charge on any atom is 0.269 e. The number of hydrogen-bond acceptors (Lipinski definition) is 2. The van der Waals surface area contributed by atoms with E-state index in [-0.39, 0.29) is 4.90 Å². The molecule has 0 aliphatic carbocycles. The predicted octanol–water partition coefficient (Wildman–Crippen LogP) is 10.9. The molecule has 0 saturated carbocycles. The van der Waals surface area contributed by atoms with Crippen molar-refractivity contribution in [1.29, 1.82) is 0 Å². The van der Waals surface area contributed by atoms with Crippen molar-refractivity contribution in [3.63, 3.8) is 0 Å². The van der Waals surface area contributed by atoms with E-state index in [2.05, 4.69) is 106 Å². The lowest BCUT2D eigenvalue weighted by molar-refractivity contribution is 0.595. The van der Waals surface area contributed by atoms with Gasteiger partial charge in [0.15, 0.2) is 0 Å². The van der Waals surface area contributed by atoms with Gasteiger partial charge >= 0.3 is 0 Å². The SMILES string of the molecule is O=S1(=O)c2ccccc2-c2c(c3cc(-c4ccc5c(c4)c4ccccc4n5-c4ccccc4)ccc3n2-c2ccccc2)N1c1ccccc1. The van der Waals surface area contributed by atoms with E-state index < -0.39 is 10.0 Å². The summed E-state index contributed by atoms with van der Waals surface area (Å²) in [4.78, 5) is 0.289. The van der Waals surface area contributed by atoms with Crippen LogP contribution in [0.15, 0.2) is 181 Å². The summed E-state index contributed by atoms with van der Waals surface area (Å²) in [5.74, 6) is 0. The van der Waals surface area contributed by atoms with Crippen LogP contribution in [-0.2, 0) is 10.0 Å². The van der Waals surface area contributed by atoms with E-state index in [1.54, 1.807) is 12.1 Å². The minimum atomic E-state index is -3.95. The number of anilines is 2. The van der Waals surface area contributed by atoms with Crippen molar-refractivity contribution >= 4 is 54.1 Å². The van der Waals surface area contributed by atoms with Crippen molar-refractivity contribution in [3.8, 4) is 33.8 Å². The summed E-state index contributed by atoms with van der Waals surface area (Å²) >= 11 is 0. The smallest absolute Gasteiger partial charge is 0.269 e. The summed E-state index contributed by atoms with van der Waals surface area (Å²) in [6, 6.07) is 59.0. The highest BCUT2D eigenvalue weighted by molar-refractivity contribution is 7.93. The highest BCUT2D eigenvalue weighted by Crippen LogP contribution is 2.53. The molecule has 0 spiro atoms. The molecule has 6 heteroatoms. The Hall–Kier alpha value is -6.37. The third kappa shape index (κ3) is 4.09. The van der Waals surface area contributed by atoms with Gasteiger partial charge in [0, 0.05) is 33.1 Å². The van der Waals surface area contributed by atoms with Gasteiger partial charge in [-0.1, -0.05) is 103 Å². The molecular weight excluding hydrogens is 635 g/mol. The van der Waals surface area contributed by atoms with Crippen LogP contribution in [-0.4, -0.2) is 17.6 Å². The second kappa shape index (κ2) is 10.8. The highest BCUT2D eigenvalue weighted by Gasteiger charge is 2.40. The summed E-state index contributed by atoms with van der Waals surface area (Å²) < 4.78 is 35.3. The molecule has 0 atom stereocenters. The van der Waals surface area contributed by atoms with E-state index in [1.807, 2.05) is 66.7 Å². The van der Waals surface area contributed by atoms with Gasteiger partial charge in [0.25, 0.3) is 10.0 Å². The van der Waals surface area contributed by atoms with Gasteiger partial charge in [0.2, 0.25) is 0 Å². The fourth-order valence-electron chi connectivity index (χ4n) is 7.70. The maximum atomic E-state index is 14.6. The predicted molar refractivity (Wildman–Crippen MR) is 204 cm³/mol. The van der Waals surface area contributed by atoms with Gasteiger partial charge in [0.1, 0.15) is 0 Å². The Kier molecular flexibility index (Phi) is 6.19. The Labute approximate surface area is 289 Å². The molecule has 9 aromatic rings. The number of aromatic nitrogens is 2. The van der Waals surface area contributed by atoms with E-state index in [9.17, 15) is 8.42 Å². The molecule has 0 bridgehead atoms. The average Bonchev–Trinajstić information content (AvgIpc) is 3.68. The van der Waals surface area contributed by atoms with Crippen LogP contribution in [0.5, 0.6) is 0 Å². The molecule has 5 nitrogen and oxygen atoms in total. The number of para-hydroxylation sites is 4. The Morgan fingerprint density at radius 3 is 1.58 bits per heavy atom. The number of nitrogens with zero attached hydrogens (tertiary/aromatic N) is 3. The Morgan fingerprint density at radius 2 is 0.900 bits per heavy atom. The van der Waals surface area contributed by atoms with Crippen molar-refractivity contribution in [2.75, 3.05) is 4.31 Å². The normalized spacial score (nSPS) is 13.5. The molecule has 50 heavy (non-hydrogen) atoms. The summed E-state index contributed by atoms with van der Waals surface area (Å²) in [6.45, 7) is 0. The lowest BCUT2D eigenvalue weighted by atomic mass is 10.0. The standard InChI is InChI=1S/C44H29N3O2S/c48-50(49)42-23-13-11-21-36(42)43-44(47(50)34-18-8-3-9-19-34)38-29-31(25-27-41(38)46(43)33-16-6-2-7-17-33)30-24-26-40-37(28-30)35-20-10-12-22-39(35)45(40)32-14-4-1-5-15-32/h1-29H. The zero-order valence-corrected chi connectivity index (χ0v) is 27.6. The van der Waals surface area contributed by atoms with Crippen LogP contribution < -0.4 is 4.31 Å². The molecule has 0 saturated heterocycles. The summed E-state index contributed by atoms with van der Waals surface area (Å²) in [5.41, 5.74) is 10.1. The monoisotopic (exact) mass is 663 g/mol. The molecule has 0 radical (unpaired) electrons. The second-order valence-corrected chi connectivity index (χ2v) is 14.4. The molecule has 1 aliphatic heterocycles.